The molecule has 0 bridgehead atoms. The Hall–Kier alpha value is -5.02. The van der Waals surface area contributed by atoms with Gasteiger partial charge in [-0.15, -0.1) is 0 Å². The molecule has 3 heterocycles. The van der Waals surface area contributed by atoms with E-state index in [1.165, 1.54) is 102 Å². The van der Waals surface area contributed by atoms with Gasteiger partial charge in [0.2, 0.25) is 0 Å². The second-order valence-corrected chi connectivity index (χ2v) is 13.9. The average molecular weight is 591 g/mol. The lowest BCUT2D eigenvalue weighted by atomic mass is 9.44. The standard InChI is InChI=1S/C43H35BN2/c1-4-5-13-27-22-24-29(25-23-27)45-37-21-11-10-20-36(37)44-39-34(26-28-14-6-7-15-30(28)41(39)45)31-17-12-18-33-38-32-16-8-9-19-35(32)43(2,3)42(38)46(44)40(31)33/h6-12,14-26H,4-5,13H2,1-3H3. The summed E-state index contributed by atoms with van der Waals surface area (Å²) in [5.41, 5.74) is 17.6. The molecule has 220 valence electrons. The number of nitrogens with zero attached hydrogens (tertiary/aromatic N) is 2. The fourth-order valence-corrected chi connectivity index (χ4v) is 9.11. The number of fused-ring (bicyclic) bond motifs is 11. The molecule has 0 atom stereocenters. The molecule has 1 aliphatic carbocycles. The van der Waals surface area contributed by atoms with Crippen molar-refractivity contribution in [1.29, 1.82) is 0 Å². The third kappa shape index (κ3) is 3.23. The van der Waals surface area contributed by atoms with Crippen molar-refractivity contribution >= 4 is 56.5 Å². The minimum Gasteiger partial charge on any atom is -0.378 e. The van der Waals surface area contributed by atoms with Crippen LogP contribution < -0.4 is 15.8 Å². The maximum absolute atomic E-state index is 2.75. The first-order valence-electron chi connectivity index (χ1n) is 16.9. The lowest BCUT2D eigenvalue weighted by Crippen LogP contribution is -2.57. The molecule has 0 saturated heterocycles. The molecule has 0 radical (unpaired) electrons. The monoisotopic (exact) mass is 590 g/mol. The number of rotatable bonds is 4. The van der Waals surface area contributed by atoms with Crippen LogP contribution in [0.2, 0.25) is 0 Å². The zero-order valence-electron chi connectivity index (χ0n) is 26.6. The zero-order chi connectivity index (χ0) is 30.7. The highest BCUT2D eigenvalue weighted by molar-refractivity contribution is 6.90. The third-order valence-electron chi connectivity index (χ3n) is 11.1. The number of aryl methyl sites for hydroxylation is 1. The second-order valence-electron chi connectivity index (χ2n) is 13.9. The van der Waals surface area contributed by atoms with Crippen molar-refractivity contribution in [3.63, 3.8) is 0 Å². The van der Waals surface area contributed by atoms with Crippen LogP contribution in [0.15, 0.2) is 121 Å². The van der Waals surface area contributed by atoms with Crippen LogP contribution in [0.5, 0.6) is 0 Å². The smallest absolute Gasteiger partial charge is 0.332 e. The lowest BCUT2D eigenvalue weighted by molar-refractivity contribution is 0.632. The molecule has 1 aromatic heterocycles. The molecule has 6 aromatic carbocycles. The van der Waals surface area contributed by atoms with Gasteiger partial charge in [-0.3, -0.25) is 0 Å². The molecule has 7 aromatic rings. The summed E-state index contributed by atoms with van der Waals surface area (Å²) < 4.78 is 2.75. The number of benzene rings is 6. The molecule has 0 spiro atoms. The molecule has 3 aliphatic rings. The largest absolute Gasteiger partial charge is 0.378 e. The van der Waals surface area contributed by atoms with Crippen LogP contribution in [0.25, 0.3) is 43.9 Å². The summed E-state index contributed by atoms with van der Waals surface area (Å²) in [6.45, 7) is 7.20. The van der Waals surface area contributed by atoms with E-state index in [-0.39, 0.29) is 12.3 Å². The van der Waals surface area contributed by atoms with Crippen LogP contribution in [-0.2, 0) is 11.8 Å². The van der Waals surface area contributed by atoms with Crippen LogP contribution in [0.4, 0.5) is 17.1 Å². The molecule has 0 fully saturated rings. The Kier molecular flexibility index (Phi) is 5.28. The topological polar surface area (TPSA) is 8.17 Å². The van der Waals surface area contributed by atoms with Gasteiger partial charge in [0.1, 0.15) is 0 Å². The number of hydrogen-bond donors (Lipinski definition) is 0. The molecule has 0 amide bonds. The Morgan fingerprint density at radius 1 is 0.696 bits per heavy atom. The van der Waals surface area contributed by atoms with E-state index in [1.807, 2.05) is 0 Å². The van der Waals surface area contributed by atoms with E-state index in [0.717, 1.165) is 6.42 Å². The van der Waals surface area contributed by atoms with E-state index in [9.17, 15) is 0 Å². The summed E-state index contributed by atoms with van der Waals surface area (Å²) >= 11 is 0. The fourth-order valence-electron chi connectivity index (χ4n) is 9.11. The summed E-state index contributed by atoms with van der Waals surface area (Å²) in [7, 11) is 0. The number of anilines is 3. The first-order chi connectivity index (χ1) is 22.6. The zero-order valence-corrected chi connectivity index (χ0v) is 26.6. The molecule has 3 heteroatoms. The first kappa shape index (κ1) is 26.2. The molecule has 0 saturated carbocycles. The number of aromatic nitrogens is 1. The van der Waals surface area contributed by atoms with E-state index < -0.39 is 0 Å². The van der Waals surface area contributed by atoms with Gasteiger partial charge in [-0.25, -0.2) is 0 Å². The third-order valence-corrected chi connectivity index (χ3v) is 11.1. The normalized spacial score (nSPS) is 14.8. The van der Waals surface area contributed by atoms with Crippen LogP contribution in [0.3, 0.4) is 0 Å². The van der Waals surface area contributed by atoms with E-state index >= 15 is 0 Å². The minimum absolute atomic E-state index is 0.0700. The number of unbranched alkanes of at least 4 members (excludes halogenated alkanes) is 1. The summed E-state index contributed by atoms with van der Waals surface area (Å²) in [5.74, 6) is 0. The molecule has 0 N–H and O–H groups in total. The SMILES string of the molecule is CCCCc1ccc(N2c3ccccc3B3c4c(cc5ccccc5c42)-c2cccc4c5c(n3c24)C(C)(C)c2ccccc2-5)cc1. The predicted octanol–water partition coefficient (Wildman–Crippen LogP) is 9.86. The highest BCUT2D eigenvalue weighted by Gasteiger charge is 2.48. The highest BCUT2D eigenvalue weighted by atomic mass is 15.2. The Morgan fingerprint density at radius 3 is 2.30 bits per heavy atom. The quantitative estimate of drug-likeness (QED) is 0.185. The van der Waals surface area contributed by atoms with Gasteiger partial charge < -0.3 is 9.38 Å². The van der Waals surface area contributed by atoms with Gasteiger partial charge in [-0.2, -0.15) is 0 Å². The van der Waals surface area contributed by atoms with Crippen molar-refractivity contribution in [2.75, 3.05) is 4.90 Å². The Morgan fingerprint density at radius 2 is 1.43 bits per heavy atom. The van der Waals surface area contributed by atoms with E-state index in [2.05, 4.69) is 151 Å². The van der Waals surface area contributed by atoms with E-state index in [0.29, 0.717) is 0 Å². The van der Waals surface area contributed by atoms with Gasteiger partial charge in [0, 0.05) is 49.9 Å². The van der Waals surface area contributed by atoms with Crippen molar-refractivity contribution in [2.45, 2.75) is 45.4 Å². The van der Waals surface area contributed by atoms with Gasteiger partial charge in [0.15, 0.2) is 0 Å². The Bertz CT molecular complexity index is 2390. The van der Waals surface area contributed by atoms with Crippen molar-refractivity contribution in [3.8, 4) is 22.3 Å². The van der Waals surface area contributed by atoms with Gasteiger partial charge in [0.25, 0.3) is 0 Å². The van der Waals surface area contributed by atoms with Gasteiger partial charge in [0.05, 0.1) is 5.69 Å². The lowest BCUT2D eigenvalue weighted by Gasteiger charge is -2.42. The molecule has 10 rings (SSSR count). The summed E-state index contributed by atoms with van der Waals surface area (Å²) in [4.78, 5) is 2.56. The van der Waals surface area contributed by atoms with Crippen LogP contribution in [-0.4, -0.2) is 11.3 Å². The molecular weight excluding hydrogens is 555 g/mol. The van der Waals surface area contributed by atoms with Crippen molar-refractivity contribution in [2.24, 2.45) is 0 Å². The van der Waals surface area contributed by atoms with E-state index in [1.54, 1.807) is 0 Å². The molecular formula is C43H35BN2. The van der Waals surface area contributed by atoms with Crippen molar-refractivity contribution in [3.05, 3.63) is 138 Å². The molecule has 2 nitrogen and oxygen atoms in total. The van der Waals surface area contributed by atoms with Crippen LogP contribution in [0.1, 0.15) is 50.4 Å². The van der Waals surface area contributed by atoms with Crippen LogP contribution >= 0.6 is 0 Å². The maximum atomic E-state index is 2.75. The predicted molar refractivity (Wildman–Crippen MR) is 196 cm³/mol. The second kappa shape index (κ2) is 9.27. The first-order valence-corrected chi connectivity index (χ1v) is 16.9. The van der Waals surface area contributed by atoms with Gasteiger partial charge >= 0.3 is 6.85 Å². The molecule has 0 unspecified atom stereocenters. The molecule has 2 aliphatic heterocycles. The van der Waals surface area contributed by atoms with Crippen molar-refractivity contribution < 1.29 is 0 Å². The number of hydrogen-bond acceptors (Lipinski definition) is 1. The molecule has 46 heavy (non-hydrogen) atoms. The van der Waals surface area contributed by atoms with Gasteiger partial charge in [-0.05, 0) is 75.7 Å². The minimum atomic E-state index is -0.128. The summed E-state index contributed by atoms with van der Waals surface area (Å²) in [5, 5.41) is 3.96. The summed E-state index contributed by atoms with van der Waals surface area (Å²) in [6, 6.07) is 46.1. The maximum Gasteiger partial charge on any atom is 0.332 e. The average Bonchev–Trinajstić information content (AvgIpc) is 3.57. The Labute approximate surface area is 271 Å². The van der Waals surface area contributed by atoms with Crippen LogP contribution in [0, 0.1) is 0 Å². The Balaban J connectivity index is 1.35. The van der Waals surface area contributed by atoms with Gasteiger partial charge in [-0.1, -0.05) is 124 Å². The van der Waals surface area contributed by atoms with Crippen molar-refractivity contribution in [1.82, 2.24) is 4.48 Å². The number of para-hydroxylation sites is 2. The summed E-state index contributed by atoms with van der Waals surface area (Å²) in [6.07, 6.45) is 3.56. The highest BCUT2D eigenvalue weighted by Crippen LogP contribution is 2.56. The fraction of sp³-hybridized carbons (Fsp3) is 0.163. The van der Waals surface area contributed by atoms with E-state index in [4.69, 9.17) is 0 Å².